The molecule has 1 N–H and O–H groups in total. The molecular formula is C26H38N2O8. The molecule has 1 amide bonds. The van der Waals surface area contributed by atoms with Crippen LogP contribution in [0.15, 0.2) is 24.5 Å². The predicted octanol–water partition coefficient (Wildman–Crippen LogP) is 1.67. The molecule has 0 aliphatic carbocycles. The first-order valence-electron chi connectivity index (χ1n) is 12.6. The van der Waals surface area contributed by atoms with Gasteiger partial charge < -0.3 is 29.0 Å². The number of ether oxygens (including phenoxy) is 4. The molecule has 2 saturated heterocycles. The summed E-state index contributed by atoms with van der Waals surface area (Å²) in [5.74, 6) is -5.61. The standard InChI is InChI=1S/C26H38N2O8/c1-17-14-21(34-4)22(16-33-3)36-26(17,32)23(29)24(30)28-13-6-5-9-20(28)25(31)35-18(2)10-11-19-8-7-12-27-15-19/h7-8,12,15,17-18,20-22,32H,5-6,9-11,13-14,16H2,1-4H3. The maximum Gasteiger partial charge on any atom is 0.329 e. The maximum atomic E-state index is 13.3. The van der Waals surface area contributed by atoms with Gasteiger partial charge in [-0.25, -0.2) is 4.79 Å². The second kappa shape index (κ2) is 12.7. The van der Waals surface area contributed by atoms with Crippen molar-refractivity contribution in [1.82, 2.24) is 9.88 Å². The average molecular weight is 507 g/mol. The zero-order valence-electron chi connectivity index (χ0n) is 21.6. The van der Waals surface area contributed by atoms with E-state index in [1.54, 1.807) is 26.2 Å². The zero-order chi connectivity index (χ0) is 26.3. The molecule has 2 aliphatic heterocycles. The lowest BCUT2D eigenvalue weighted by Gasteiger charge is -2.44. The van der Waals surface area contributed by atoms with Crippen LogP contribution in [0.1, 0.15) is 51.5 Å². The fourth-order valence-corrected chi connectivity index (χ4v) is 4.87. The number of ketones is 1. The Hall–Kier alpha value is -2.40. The average Bonchev–Trinajstić information content (AvgIpc) is 2.89. The fourth-order valence-electron chi connectivity index (χ4n) is 4.87. The van der Waals surface area contributed by atoms with Crippen molar-refractivity contribution >= 4 is 17.7 Å². The van der Waals surface area contributed by atoms with Gasteiger partial charge >= 0.3 is 5.97 Å². The van der Waals surface area contributed by atoms with Gasteiger partial charge in [-0.05, 0) is 57.1 Å². The molecule has 200 valence electrons. The number of piperidine rings is 1. The number of aromatic nitrogens is 1. The van der Waals surface area contributed by atoms with Crippen LogP contribution in [0.3, 0.4) is 0 Å². The van der Waals surface area contributed by atoms with Crippen molar-refractivity contribution in [3.05, 3.63) is 30.1 Å². The summed E-state index contributed by atoms with van der Waals surface area (Å²) >= 11 is 0. The van der Waals surface area contributed by atoms with Crippen LogP contribution in [0.25, 0.3) is 0 Å². The third kappa shape index (κ3) is 6.47. The fraction of sp³-hybridized carbons (Fsp3) is 0.692. The first-order chi connectivity index (χ1) is 17.2. The highest BCUT2D eigenvalue weighted by Gasteiger charge is 2.55. The number of likely N-dealkylation sites (tertiary alicyclic amines) is 1. The largest absolute Gasteiger partial charge is 0.461 e. The van der Waals surface area contributed by atoms with Crippen LogP contribution in [-0.4, -0.2) is 90.2 Å². The Morgan fingerprint density at radius 2 is 2.08 bits per heavy atom. The van der Waals surface area contributed by atoms with E-state index in [0.717, 1.165) is 12.0 Å². The van der Waals surface area contributed by atoms with E-state index in [9.17, 15) is 19.5 Å². The van der Waals surface area contributed by atoms with E-state index in [1.807, 2.05) is 12.1 Å². The summed E-state index contributed by atoms with van der Waals surface area (Å²) in [5.41, 5.74) is 1.04. The Balaban J connectivity index is 1.66. The molecular weight excluding hydrogens is 468 g/mol. The Morgan fingerprint density at radius 1 is 1.31 bits per heavy atom. The second-order valence-corrected chi connectivity index (χ2v) is 9.71. The van der Waals surface area contributed by atoms with Gasteiger partial charge in [-0.15, -0.1) is 0 Å². The van der Waals surface area contributed by atoms with Crippen LogP contribution in [0.5, 0.6) is 0 Å². The lowest BCUT2D eigenvalue weighted by molar-refractivity contribution is -0.291. The summed E-state index contributed by atoms with van der Waals surface area (Å²) < 4.78 is 21.9. The number of nitrogens with zero attached hydrogens (tertiary/aromatic N) is 2. The zero-order valence-corrected chi connectivity index (χ0v) is 21.6. The van der Waals surface area contributed by atoms with Crippen molar-refractivity contribution < 1.29 is 38.4 Å². The highest BCUT2D eigenvalue weighted by Crippen LogP contribution is 2.35. The van der Waals surface area contributed by atoms with Gasteiger partial charge in [0.15, 0.2) is 0 Å². The lowest BCUT2D eigenvalue weighted by Crippen LogP contribution is -2.63. The summed E-state index contributed by atoms with van der Waals surface area (Å²) in [5, 5.41) is 11.2. The van der Waals surface area contributed by atoms with Gasteiger partial charge in [0.2, 0.25) is 5.79 Å². The molecule has 10 nitrogen and oxygen atoms in total. The Morgan fingerprint density at radius 3 is 2.75 bits per heavy atom. The van der Waals surface area contributed by atoms with Gasteiger partial charge in [-0.2, -0.15) is 0 Å². The number of carbonyl (C=O) groups is 3. The van der Waals surface area contributed by atoms with Crippen molar-refractivity contribution in [2.75, 3.05) is 27.4 Å². The molecule has 0 spiro atoms. The number of amides is 1. The van der Waals surface area contributed by atoms with Crippen molar-refractivity contribution in [2.45, 2.75) is 82.5 Å². The molecule has 3 heterocycles. The number of aryl methyl sites for hydroxylation is 1. The molecule has 1 aromatic heterocycles. The minimum Gasteiger partial charge on any atom is -0.461 e. The molecule has 0 radical (unpaired) electrons. The predicted molar refractivity (Wildman–Crippen MR) is 129 cm³/mol. The summed E-state index contributed by atoms with van der Waals surface area (Å²) in [4.78, 5) is 45.0. The van der Waals surface area contributed by atoms with E-state index in [4.69, 9.17) is 18.9 Å². The van der Waals surface area contributed by atoms with Gasteiger partial charge in [0, 0.05) is 39.1 Å². The number of esters is 1. The third-order valence-corrected chi connectivity index (χ3v) is 7.07. The first-order valence-corrected chi connectivity index (χ1v) is 12.6. The molecule has 10 heteroatoms. The van der Waals surface area contributed by atoms with E-state index >= 15 is 0 Å². The van der Waals surface area contributed by atoms with E-state index in [2.05, 4.69) is 4.98 Å². The smallest absolute Gasteiger partial charge is 0.329 e. The summed E-state index contributed by atoms with van der Waals surface area (Å²) in [7, 11) is 2.99. The minimum atomic E-state index is -2.34. The van der Waals surface area contributed by atoms with Crippen molar-refractivity contribution in [3.8, 4) is 0 Å². The number of pyridine rings is 1. The van der Waals surface area contributed by atoms with Gasteiger partial charge in [-0.3, -0.25) is 14.6 Å². The molecule has 0 saturated carbocycles. The van der Waals surface area contributed by atoms with Crippen LogP contribution < -0.4 is 0 Å². The van der Waals surface area contributed by atoms with Crippen molar-refractivity contribution in [3.63, 3.8) is 0 Å². The van der Waals surface area contributed by atoms with Crippen LogP contribution in [0, 0.1) is 5.92 Å². The first kappa shape index (κ1) is 28.2. The molecule has 0 aromatic carbocycles. The number of Topliss-reactive ketones (excluding diaryl/α,β-unsaturated/α-hetero) is 1. The summed E-state index contributed by atoms with van der Waals surface area (Å²) in [6.45, 7) is 3.74. The molecule has 6 atom stereocenters. The second-order valence-electron chi connectivity index (χ2n) is 9.71. The molecule has 36 heavy (non-hydrogen) atoms. The Bertz CT molecular complexity index is 897. The Labute approximate surface area is 212 Å². The van der Waals surface area contributed by atoms with Gasteiger partial charge in [0.05, 0.1) is 18.8 Å². The number of hydrogen-bond donors (Lipinski definition) is 1. The number of aliphatic hydroxyl groups is 1. The highest BCUT2D eigenvalue weighted by molar-refractivity contribution is 6.39. The van der Waals surface area contributed by atoms with Crippen molar-refractivity contribution in [2.24, 2.45) is 5.92 Å². The van der Waals surface area contributed by atoms with E-state index in [-0.39, 0.29) is 19.3 Å². The minimum absolute atomic E-state index is 0.0879. The Kier molecular flexibility index (Phi) is 9.95. The maximum absolute atomic E-state index is 13.3. The summed E-state index contributed by atoms with van der Waals surface area (Å²) in [6, 6.07) is 2.92. The van der Waals surface area contributed by atoms with Crippen LogP contribution in [-0.2, 0) is 39.8 Å². The molecule has 1 aromatic rings. The monoisotopic (exact) mass is 506 g/mol. The van der Waals surface area contributed by atoms with Crippen molar-refractivity contribution in [1.29, 1.82) is 0 Å². The highest BCUT2D eigenvalue weighted by atomic mass is 16.7. The van der Waals surface area contributed by atoms with Gasteiger partial charge in [0.1, 0.15) is 12.1 Å². The topological polar surface area (TPSA) is 124 Å². The van der Waals surface area contributed by atoms with E-state index < -0.39 is 47.6 Å². The van der Waals surface area contributed by atoms with E-state index in [0.29, 0.717) is 32.1 Å². The van der Waals surface area contributed by atoms with Gasteiger partial charge in [-0.1, -0.05) is 13.0 Å². The molecule has 0 bridgehead atoms. The van der Waals surface area contributed by atoms with E-state index in [1.165, 1.54) is 19.1 Å². The molecule has 6 unspecified atom stereocenters. The molecule has 2 fully saturated rings. The quantitative estimate of drug-likeness (QED) is 0.373. The summed E-state index contributed by atoms with van der Waals surface area (Å²) in [6.07, 6.45) is 5.34. The number of hydrogen-bond acceptors (Lipinski definition) is 9. The van der Waals surface area contributed by atoms with Crippen LogP contribution >= 0.6 is 0 Å². The lowest BCUT2D eigenvalue weighted by atomic mass is 9.85. The van der Waals surface area contributed by atoms with Gasteiger partial charge in [0.25, 0.3) is 11.7 Å². The third-order valence-electron chi connectivity index (χ3n) is 7.07. The number of methoxy groups -OCH3 is 2. The van der Waals surface area contributed by atoms with Crippen LogP contribution in [0.2, 0.25) is 0 Å². The molecule has 3 rings (SSSR count). The van der Waals surface area contributed by atoms with Crippen LogP contribution in [0.4, 0.5) is 0 Å². The molecule has 2 aliphatic rings. The number of carbonyl (C=O) groups excluding carboxylic acids is 3. The normalized spacial score (nSPS) is 29.4. The number of rotatable bonds is 10. The SMILES string of the molecule is COCC1OC(O)(C(=O)C(=O)N2CCCCC2C(=O)OC(C)CCc2cccnc2)C(C)CC1OC.